The number of alkyl halides is 3. The summed E-state index contributed by atoms with van der Waals surface area (Å²) in [7, 11) is -2.58. The third-order valence-corrected chi connectivity index (χ3v) is 4.49. The van der Waals surface area contributed by atoms with Gasteiger partial charge in [-0.1, -0.05) is 54.6 Å². The van der Waals surface area contributed by atoms with Crippen LogP contribution in [0, 0.1) is 0 Å². The lowest BCUT2D eigenvalue weighted by Gasteiger charge is -2.12. The fourth-order valence-corrected chi connectivity index (χ4v) is 3.04. The van der Waals surface area contributed by atoms with E-state index in [1.54, 1.807) is 12.1 Å². The standard InChI is InChI=1S/C19H16F3N3O2S/c20-19(21,22)17-10-16(15-8-6-14(7-9-15)12-28(26)27)24-18(25-17)23-11-13-4-2-1-3-5-13/h1-10,28H,11-12H2,(H,23,24,25). The zero-order valence-corrected chi connectivity index (χ0v) is 15.4. The Bertz CT molecular complexity index is 1010. The van der Waals surface area contributed by atoms with Gasteiger partial charge >= 0.3 is 6.18 Å². The molecule has 0 unspecified atom stereocenters. The molecule has 5 nitrogen and oxygen atoms in total. The molecule has 28 heavy (non-hydrogen) atoms. The summed E-state index contributed by atoms with van der Waals surface area (Å²) in [5.41, 5.74) is 0.893. The molecule has 9 heteroatoms. The van der Waals surface area contributed by atoms with E-state index in [9.17, 15) is 21.6 Å². The summed E-state index contributed by atoms with van der Waals surface area (Å²) in [5.74, 6) is -0.266. The highest BCUT2D eigenvalue weighted by Gasteiger charge is 2.33. The number of rotatable bonds is 6. The molecule has 0 aliphatic heterocycles. The second kappa shape index (κ2) is 8.39. The fraction of sp³-hybridized carbons (Fsp3) is 0.158. The number of aromatic nitrogens is 2. The highest BCUT2D eigenvalue weighted by Crippen LogP contribution is 2.31. The summed E-state index contributed by atoms with van der Waals surface area (Å²) in [5, 5.41) is 2.82. The van der Waals surface area contributed by atoms with Gasteiger partial charge in [0.15, 0.2) is 5.69 Å². The molecule has 0 bridgehead atoms. The fourth-order valence-electron chi connectivity index (χ4n) is 2.53. The van der Waals surface area contributed by atoms with Crippen molar-refractivity contribution in [2.24, 2.45) is 0 Å². The van der Waals surface area contributed by atoms with Crippen LogP contribution >= 0.6 is 0 Å². The van der Waals surface area contributed by atoms with E-state index >= 15 is 0 Å². The van der Waals surface area contributed by atoms with Crippen LogP contribution in [0.5, 0.6) is 0 Å². The van der Waals surface area contributed by atoms with Gasteiger partial charge in [0.05, 0.1) is 11.4 Å². The number of anilines is 1. The van der Waals surface area contributed by atoms with Crippen molar-refractivity contribution in [2.45, 2.75) is 18.5 Å². The minimum absolute atomic E-state index is 0.0935. The second-order valence-electron chi connectivity index (χ2n) is 5.99. The Morgan fingerprint density at radius 3 is 2.18 bits per heavy atom. The lowest BCUT2D eigenvalue weighted by atomic mass is 10.1. The van der Waals surface area contributed by atoms with E-state index in [-0.39, 0.29) is 23.9 Å². The molecular weight excluding hydrogens is 391 g/mol. The average Bonchev–Trinajstić information content (AvgIpc) is 2.66. The Morgan fingerprint density at radius 2 is 1.57 bits per heavy atom. The van der Waals surface area contributed by atoms with Crippen LogP contribution in [0.4, 0.5) is 19.1 Å². The molecule has 0 radical (unpaired) electrons. The van der Waals surface area contributed by atoms with Crippen LogP contribution in [0.2, 0.25) is 0 Å². The van der Waals surface area contributed by atoms with Crippen molar-refractivity contribution in [1.29, 1.82) is 0 Å². The molecule has 0 spiro atoms. The van der Waals surface area contributed by atoms with Crippen LogP contribution < -0.4 is 5.32 Å². The third-order valence-electron chi connectivity index (χ3n) is 3.87. The van der Waals surface area contributed by atoms with Crippen molar-refractivity contribution in [3.05, 3.63) is 77.5 Å². The van der Waals surface area contributed by atoms with Gasteiger partial charge in [-0.15, -0.1) is 0 Å². The Kier molecular flexibility index (Phi) is 5.93. The Morgan fingerprint density at radius 1 is 0.893 bits per heavy atom. The van der Waals surface area contributed by atoms with Crippen molar-refractivity contribution >= 4 is 16.7 Å². The molecule has 0 atom stereocenters. The number of thiol groups is 1. The van der Waals surface area contributed by atoms with Crippen molar-refractivity contribution < 1.29 is 21.6 Å². The largest absolute Gasteiger partial charge is 0.433 e. The Labute approximate surface area is 161 Å². The Balaban J connectivity index is 1.91. The van der Waals surface area contributed by atoms with Gasteiger partial charge in [-0.2, -0.15) is 13.2 Å². The predicted octanol–water partition coefficient (Wildman–Crippen LogP) is 3.89. The summed E-state index contributed by atoms with van der Waals surface area (Å²) in [6.07, 6.45) is -4.62. The van der Waals surface area contributed by atoms with E-state index in [1.165, 1.54) is 12.1 Å². The molecule has 3 rings (SSSR count). The maximum Gasteiger partial charge on any atom is 0.433 e. The second-order valence-corrected chi connectivity index (χ2v) is 6.97. The summed E-state index contributed by atoms with van der Waals surface area (Å²) in [6, 6.07) is 16.2. The maximum absolute atomic E-state index is 13.2. The van der Waals surface area contributed by atoms with Crippen molar-refractivity contribution in [2.75, 3.05) is 5.32 Å². The molecule has 1 aromatic heterocycles. The molecule has 2 aromatic carbocycles. The van der Waals surface area contributed by atoms with E-state index in [2.05, 4.69) is 15.3 Å². The predicted molar refractivity (Wildman–Crippen MR) is 100 cm³/mol. The smallest absolute Gasteiger partial charge is 0.350 e. The van der Waals surface area contributed by atoms with Crippen molar-refractivity contribution in [1.82, 2.24) is 9.97 Å². The van der Waals surface area contributed by atoms with Gasteiger partial charge in [0.1, 0.15) is 10.7 Å². The molecule has 1 N–H and O–H groups in total. The zero-order chi connectivity index (χ0) is 20.1. The minimum atomic E-state index is -4.62. The van der Waals surface area contributed by atoms with Crippen LogP contribution in [-0.4, -0.2) is 18.4 Å². The normalized spacial score (nSPS) is 11.6. The molecule has 3 aromatic rings. The van der Waals surface area contributed by atoms with Gasteiger partial charge < -0.3 is 5.32 Å². The molecular formula is C19H16F3N3O2S. The van der Waals surface area contributed by atoms with Gasteiger partial charge in [0.25, 0.3) is 0 Å². The molecule has 0 aliphatic carbocycles. The first-order valence-corrected chi connectivity index (χ1v) is 9.63. The van der Waals surface area contributed by atoms with E-state index < -0.39 is 22.6 Å². The summed E-state index contributed by atoms with van der Waals surface area (Å²) >= 11 is 0. The number of benzene rings is 2. The van der Waals surface area contributed by atoms with Crippen molar-refractivity contribution in [3.63, 3.8) is 0 Å². The van der Waals surface area contributed by atoms with Gasteiger partial charge in [0.2, 0.25) is 5.95 Å². The molecule has 0 fully saturated rings. The van der Waals surface area contributed by atoms with E-state index in [0.29, 0.717) is 11.1 Å². The maximum atomic E-state index is 13.2. The first-order chi connectivity index (χ1) is 13.3. The van der Waals surface area contributed by atoms with Crippen LogP contribution in [0.25, 0.3) is 11.3 Å². The summed E-state index contributed by atoms with van der Waals surface area (Å²) < 4.78 is 61.3. The van der Waals surface area contributed by atoms with Crippen LogP contribution in [0.1, 0.15) is 16.8 Å². The topological polar surface area (TPSA) is 72.0 Å². The zero-order valence-electron chi connectivity index (χ0n) is 14.5. The number of nitrogens with zero attached hydrogens (tertiary/aromatic N) is 2. The van der Waals surface area contributed by atoms with Crippen molar-refractivity contribution in [3.8, 4) is 11.3 Å². The SMILES string of the molecule is O=[SH](=O)Cc1ccc(-c2cc(C(F)(F)F)nc(NCc3ccccc3)n2)cc1. The van der Waals surface area contributed by atoms with Crippen LogP contribution in [-0.2, 0) is 29.2 Å². The summed E-state index contributed by atoms with van der Waals surface area (Å²) in [6.45, 7) is 0.275. The highest BCUT2D eigenvalue weighted by molar-refractivity contribution is 7.71. The molecule has 1 heterocycles. The molecule has 0 aliphatic rings. The third kappa shape index (κ3) is 5.29. The first-order valence-electron chi connectivity index (χ1n) is 8.26. The van der Waals surface area contributed by atoms with Gasteiger partial charge in [-0.25, -0.2) is 18.4 Å². The molecule has 0 saturated heterocycles. The highest BCUT2D eigenvalue weighted by atomic mass is 32.2. The molecule has 0 amide bonds. The molecule has 0 saturated carbocycles. The quantitative estimate of drug-likeness (QED) is 0.607. The molecule has 146 valence electrons. The van der Waals surface area contributed by atoms with Gasteiger partial charge in [0, 0.05) is 12.1 Å². The van der Waals surface area contributed by atoms with Gasteiger partial charge in [-0.3, -0.25) is 0 Å². The average molecular weight is 407 g/mol. The van der Waals surface area contributed by atoms with Crippen LogP contribution in [0.15, 0.2) is 60.7 Å². The number of halogens is 3. The monoisotopic (exact) mass is 407 g/mol. The van der Waals surface area contributed by atoms with Crippen LogP contribution in [0.3, 0.4) is 0 Å². The number of hydrogen-bond acceptors (Lipinski definition) is 5. The van der Waals surface area contributed by atoms with E-state index in [4.69, 9.17) is 0 Å². The Hall–Kier alpha value is -2.94. The number of hydrogen-bond donors (Lipinski definition) is 2. The van der Waals surface area contributed by atoms with E-state index in [0.717, 1.165) is 11.6 Å². The lowest BCUT2D eigenvalue weighted by molar-refractivity contribution is -0.141. The summed E-state index contributed by atoms with van der Waals surface area (Å²) in [4.78, 5) is 7.76. The minimum Gasteiger partial charge on any atom is -0.350 e. The van der Waals surface area contributed by atoms with Gasteiger partial charge in [-0.05, 0) is 17.2 Å². The number of nitrogens with one attached hydrogen (secondary N) is 1. The first kappa shape index (κ1) is 19.8. The van der Waals surface area contributed by atoms with E-state index in [1.807, 2.05) is 30.3 Å². The lowest BCUT2D eigenvalue weighted by Crippen LogP contribution is -2.12.